The maximum atomic E-state index is 12.4. The molecule has 0 aliphatic carbocycles. The molecule has 1 heterocycles. The highest BCUT2D eigenvalue weighted by Crippen LogP contribution is 2.30. The Kier molecular flexibility index (Phi) is 5.43. The zero-order valence-corrected chi connectivity index (χ0v) is 13.9. The van der Waals surface area contributed by atoms with Gasteiger partial charge in [0.1, 0.15) is 4.90 Å². The summed E-state index contributed by atoms with van der Waals surface area (Å²) in [6, 6.07) is 2.12. The SMILES string of the molecule is O=C(O)c1cc(Cl)cc(S(=O)(=O)NC2CCSCC2)c1Cl. The molecule has 0 amide bonds. The fraction of sp³-hybridized carbons (Fsp3) is 0.417. The Morgan fingerprint density at radius 1 is 1.29 bits per heavy atom. The minimum atomic E-state index is -3.91. The minimum absolute atomic E-state index is 0.0105. The summed E-state index contributed by atoms with van der Waals surface area (Å²) in [5.74, 6) is 0.446. The molecule has 1 aliphatic heterocycles. The second kappa shape index (κ2) is 6.75. The Labute approximate surface area is 137 Å². The molecule has 1 saturated heterocycles. The van der Waals surface area contributed by atoms with Crippen LogP contribution in [0.4, 0.5) is 0 Å². The molecule has 1 aromatic rings. The highest BCUT2D eigenvalue weighted by Gasteiger charge is 2.27. The van der Waals surface area contributed by atoms with Crippen molar-refractivity contribution < 1.29 is 18.3 Å². The van der Waals surface area contributed by atoms with Gasteiger partial charge in [0, 0.05) is 11.1 Å². The van der Waals surface area contributed by atoms with Crippen LogP contribution in [0, 0.1) is 0 Å². The number of thioether (sulfide) groups is 1. The molecule has 0 spiro atoms. The van der Waals surface area contributed by atoms with Gasteiger partial charge in [-0.05, 0) is 36.5 Å². The molecule has 0 saturated carbocycles. The summed E-state index contributed by atoms with van der Waals surface area (Å²) >= 11 is 13.5. The predicted molar refractivity (Wildman–Crippen MR) is 84.1 cm³/mol. The van der Waals surface area contributed by atoms with Crippen LogP contribution in [0.2, 0.25) is 10.0 Å². The fourth-order valence-electron chi connectivity index (χ4n) is 2.01. The molecule has 5 nitrogen and oxygen atoms in total. The molecule has 9 heteroatoms. The number of carbonyl (C=O) groups is 1. The number of nitrogens with one attached hydrogen (secondary N) is 1. The van der Waals surface area contributed by atoms with Crippen molar-refractivity contribution in [3.05, 3.63) is 27.7 Å². The maximum absolute atomic E-state index is 12.4. The number of aromatic carboxylic acids is 1. The van der Waals surface area contributed by atoms with Crippen molar-refractivity contribution in [2.75, 3.05) is 11.5 Å². The van der Waals surface area contributed by atoms with Gasteiger partial charge < -0.3 is 5.11 Å². The zero-order valence-electron chi connectivity index (χ0n) is 10.8. The van der Waals surface area contributed by atoms with Crippen LogP contribution < -0.4 is 4.72 Å². The van der Waals surface area contributed by atoms with Gasteiger partial charge in [0.2, 0.25) is 10.0 Å². The molecule has 0 aromatic heterocycles. The lowest BCUT2D eigenvalue weighted by Gasteiger charge is -2.22. The summed E-state index contributed by atoms with van der Waals surface area (Å²) in [4.78, 5) is 10.8. The molecule has 2 rings (SSSR count). The third-order valence-corrected chi connectivity index (χ3v) is 6.40. The molecular weight excluding hydrogens is 357 g/mol. The number of hydrogen-bond acceptors (Lipinski definition) is 4. The van der Waals surface area contributed by atoms with Gasteiger partial charge in [-0.15, -0.1) is 0 Å². The van der Waals surface area contributed by atoms with E-state index >= 15 is 0 Å². The van der Waals surface area contributed by atoms with E-state index in [0.29, 0.717) is 0 Å². The molecule has 2 N–H and O–H groups in total. The molecule has 21 heavy (non-hydrogen) atoms. The van der Waals surface area contributed by atoms with Gasteiger partial charge in [0.25, 0.3) is 0 Å². The van der Waals surface area contributed by atoms with Gasteiger partial charge >= 0.3 is 5.97 Å². The van der Waals surface area contributed by atoms with Crippen LogP contribution in [0.1, 0.15) is 23.2 Å². The fourth-order valence-corrected chi connectivity index (χ4v) is 5.33. The maximum Gasteiger partial charge on any atom is 0.337 e. The highest BCUT2D eigenvalue weighted by atomic mass is 35.5. The van der Waals surface area contributed by atoms with Gasteiger partial charge in [-0.25, -0.2) is 17.9 Å². The molecule has 1 aromatic carbocycles. The molecular formula is C12H13Cl2NO4S2. The van der Waals surface area contributed by atoms with E-state index in [0.717, 1.165) is 36.5 Å². The molecule has 0 unspecified atom stereocenters. The lowest BCUT2D eigenvalue weighted by atomic mass is 10.2. The summed E-state index contributed by atoms with van der Waals surface area (Å²) in [6.45, 7) is 0. The number of rotatable bonds is 4. The quantitative estimate of drug-likeness (QED) is 0.852. The monoisotopic (exact) mass is 369 g/mol. The van der Waals surface area contributed by atoms with E-state index < -0.39 is 16.0 Å². The Balaban J connectivity index is 2.37. The van der Waals surface area contributed by atoms with E-state index in [9.17, 15) is 13.2 Å². The molecule has 1 aliphatic rings. The van der Waals surface area contributed by atoms with Crippen molar-refractivity contribution in [3.63, 3.8) is 0 Å². The van der Waals surface area contributed by atoms with E-state index in [1.54, 1.807) is 11.8 Å². The van der Waals surface area contributed by atoms with Crippen LogP contribution in [0.5, 0.6) is 0 Å². The molecule has 0 bridgehead atoms. The van der Waals surface area contributed by atoms with Crippen molar-refractivity contribution >= 4 is 51.0 Å². The topological polar surface area (TPSA) is 83.5 Å². The summed E-state index contributed by atoms with van der Waals surface area (Å²) in [5, 5.41) is 8.72. The van der Waals surface area contributed by atoms with E-state index in [1.165, 1.54) is 0 Å². The van der Waals surface area contributed by atoms with Crippen molar-refractivity contribution in [1.29, 1.82) is 0 Å². The van der Waals surface area contributed by atoms with E-state index in [1.807, 2.05) is 0 Å². The highest BCUT2D eigenvalue weighted by molar-refractivity contribution is 7.99. The second-order valence-electron chi connectivity index (χ2n) is 4.58. The molecule has 116 valence electrons. The number of halogens is 2. The van der Waals surface area contributed by atoms with Gasteiger partial charge in [0.15, 0.2) is 0 Å². The van der Waals surface area contributed by atoms with Gasteiger partial charge in [-0.2, -0.15) is 11.8 Å². The summed E-state index contributed by atoms with van der Waals surface area (Å²) in [6.07, 6.45) is 1.46. The summed E-state index contributed by atoms with van der Waals surface area (Å²) < 4.78 is 27.4. The van der Waals surface area contributed by atoms with Gasteiger partial charge in [-0.1, -0.05) is 23.2 Å². The number of carboxylic acid groups (broad SMARTS) is 1. The predicted octanol–water partition coefficient (Wildman–Crippen LogP) is 2.87. The molecule has 0 radical (unpaired) electrons. The number of hydrogen-bond donors (Lipinski definition) is 2. The minimum Gasteiger partial charge on any atom is -0.478 e. The zero-order chi connectivity index (χ0) is 15.6. The van der Waals surface area contributed by atoms with Crippen LogP contribution >= 0.6 is 35.0 Å². The Hall–Kier alpha value is -0.470. The summed E-state index contributed by atoms with van der Waals surface area (Å²) in [5.41, 5.74) is -0.330. The van der Waals surface area contributed by atoms with E-state index in [-0.39, 0.29) is 26.5 Å². The van der Waals surface area contributed by atoms with Gasteiger partial charge in [0.05, 0.1) is 10.6 Å². The first-order chi connectivity index (χ1) is 9.81. The molecule has 1 fully saturated rings. The van der Waals surface area contributed by atoms with E-state index in [2.05, 4.69) is 4.72 Å². The van der Waals surface area contributed by atoms with Gasteiger partial charge in [-0.3, -0.25) is 0 Å². The van der Waals surface area contributed by atoms with Crippen molar-refractivity contribution in [2.24, 2.45) is 0 Å². The smallest absolute Gasteiger partial charge is 0.337 e. The third kappa shape index (κ3) is 4.04. The Bertz CT molecular complexity index is 657. The van der Waals surface area contributed by atoms with Crippen LogP contribution in [0.3, 0.4) is 0 Å². The van der Waals surface area contributed by atoms with Crippen molar-refractivity contribution in [3.8, 4) is 0 Å². The number of carboxylic acids is 1. The summed E-state index contributed by atoms with van der Waals surface area (Å²) in [7, 11) is -3.91. The first kappa shape index (κ1) is 16.9. The third-order valence-electron chi connectivity index (χ3n) is 3.07. The van der Waals surface area contributed by atoms with Crippen LogP contribution in [-0.4, -0.2) is 37.0 Å². The first-order valence-corrected chi connectivity index (χ1v) is 9.53. The van der Waals surface area contributed by atoms with Crippen molar-refractivity contribution in [1.82, 2.24) is 4.72 Å². The lowest BCUT2D eigenvalue weighted by Crippen LogP contribution is -2.37. The average Bonchev–Trinajstić information content (AvgIpc) is 2.41. The van der Waals surface area contributed by atoms with Crippen LogP contribution in [0.25, 0.3) is 0 Å². The molecule has 0 atom stereocenters. The second-order valence-corrected chi connectivity index (χ2v) is 8.30. The van der Waals surface area contributed by atoms with Crippen molar-refractivity contribution in [2.45, 2.75) is 23.8 Å². The van der Waals surface area contributed by atoms with Crippen LogP contribution in [-0.2, 0) is 10.0 Å². The van der Waals surface area contributed by atoms with Crippen LogP contribution in [0.15, 0.2) is 17.0 Å². The first-order valence-electron chi connectivity index (χ1n) is 6.13. The Morgan fingerprint density at radius 2 is 1.90 bits per heavy atom. The lowest BCUT2D eigenvalue weighted by molar-refractivity contribution is 0.0697. The average molecular weight is 370 g/mol. The standard InChI is InChI=1S/C12H13Cl2NO4S2/c13-7-5-9(12(16)17)11(14)10(6-7)21(18,19)15-8-1-3-20-4-2-8/h5-6,8,15H,1-4H2,(H,16,17). The normalized spacial score (nSPS) is 16.9. The number of benzene rings is 1. The van der Waals surface area contributed by atoms with E-state index in [4.69, 9.17) is 28.3 Å². The number of sulfonamides is 1. The Morgan fingerprint density at radius 3 is 2.48 bits per heavy atom. The largest absolute Gasteiger partial charge is 0.478 e.